The molecule has 0 saturated heterocycles. The van der Waals surface area contributed by atoms with Crippen molar-refractivity contribution in [3.63, 3.8) is 0 Å². The monoisotopic (exact) mass is 291 g/mol. The molecule has 120 valence electrons. The molecule has 0 bridgehead atoms. The summed E-state index contributed by atoms with van der Waals surface area (Å²) in [5, 5.41) is 0. The van der Waals surface area contributed by atoms with Crippen molar-refractivity contribution in [2.75, 3.05) is 0 Å². The molecule has 2 heteroatoms. The van der Waals surface area contributed by atoms with Gasteiger partial charge in [0.1, 0.15) is 0 Å². The van der Waals surface area contributed by atoms with E-state index in [-0.39, 0.29) is 0 Å². The molecule has 3 aliphatic rings. The topological polar surface area (TPSA) is 21.6 Å². The van der Waals surface area contributed by atoms with Crippen LogP contribution in [0.15, 0.2) is 4.99 Å². The second-order valence-electron chi connectivity index (χ2n) is 7.71. The first kappa shape index (κ1) is 15.4. The Balaban J connectivity index is 1.31. The van der Waals surface area contributed by atoms with Gasteiger partial charge in [-0.05, 0) is 69.6 Å². The standard InChI is InChI=1S/C19H33NO/c1-2-6-16(7-3-1)14-17-10-12-18(13-11-17)20-15-21-19-8-4-5-9-19/h15-19H,1-14H2. The van der Waals surface area contributed by atoms with Crippen LogP contribution in [0.4, 0.5) is 0 Å². The van der Waals surface area contributed by atoms with Crippen LogP contribution in [0.25, 0.3) is 0 Å². The molecule has 3 aliphatic carbocycles. The quantitative estimate of drug-likeness (QED) is 0.484. The van der Waals surface area contributed by atoms with Crippen LogP contribution in [-0.4, -0.2) is 18.5 Å². The van der Waals surface area contributed by atoms with Gasteiger partial charge in [0.05, 0.1) is 12.1 Å². The number of aliphatic imine (C=N–C) groups is 1. The van der Waals surface area contributed by atoms with Crippen LogP contribution in [0.5, 0.6) is 0 Å². The van der Waals surface area contributed by atoms with Gasteiger partial charge in [0, 0.05) is 0 Å². The van der Waals surface area contributed by atoms with Crippen molar-refractivity contribution in [1.82, 2.24) is 0 Å². The first-order chi connectivity index (χ1) is 10.4. The molecule has 0 aromatic heterocycles. The van der Waals surface area contributed by atoms with E-state index >= 15 is 0 Å². The van der Waals surface area contributed by atoms with Crippen LogP contribution in [0, 0.1) is 11.8 Å². The van der Waals surface area contributed by atoms with Crippen molar-refractivity contribution in [1.29, 1.82) is 0 Å². The highest BCUT2D eigenvalue weighted by Gasteiger charge is 2.24. The van der Waals surface area contributed by atoms with E-state index in [0.29, 0.717) is 12.1 Å². The minimum atomic E-state index is 0.469. The average Bonchev–Trinajstić information content (AvgIpc) is 3.03. The Kier molecular flexibility index (Phi) is 6.00. The van der Waals surface area contributed by atoms with Crippen LogP contribution < -0.4 is 0 Å². The third kappa shape index (κ3) is 5.00. The second-order valence-corrected chi connectivity index (χ2v) is 7.71. The van der Waals surface area contributed by atoms with Gasteiger partial charge in [0.2, 0.25) is 0 Å². The van der Waals surface area contributed by atoms with Gasteiger partial charge < -0.3 is 4.74 Å². The van der Waals surface area contributed by atoms with Crippen molar-refractivity contribution in [2.24, 2.45) is 16.8 Å². The molecule has 0 radical (unpaired) electrons. The zero-order chi connectivity index (χ0) is 14.3. The number of rotatable bonds is 5. The van der Waals surface area contributed by atoms with E-state index in [0.717, 1.165) is 11.8 Å². The van der Waals surface area contributed by atoms with Gasteiger partial charge >= 0.3 is 0 Å². The minimum absolute atomic E-state index is 0.469. The summed E-state index contributed by atoms with van der Waals surface area (Å²) in [6, 6.07) is 0.550. The smallest absolute Gasteiger partial charge is 0.170 e. The molecule has 3 rings (SSSR count). The maximum Gasteiger partial charge on any atom is 0.170 e. The lowest BCUT2D eigenvalue weighted by molar-refractivity contribution is 0.202. The van der Waals surface area contributed by atoms with Gasteiger partial charge in [-0.3, -0.25) is 4.99 Å². The van der Waals surface area contributed by atoms with Crippen LogP contribution in [0.2, 0.25) is 0 Å². The summed E-state index contributed by atoms with van der Waals surface area (Å²) in [5.41, 5.74) is 0. The van der Waals surface area contributed by atoms with Crippen LogP contribution in [0.3, 0.4) is 0 Å². The Labute approximate surface area is 130 Å². The Hall–Kier alpha value is -0.530. The summed E-state index contributed by atoms with van der Waals surface area (Å²) in [5.74, 6) is 2.05. The van der Waals surface area contributed by atoms with Gasteiger partial charge in [-0.1, -0.05) is 32.1 Å². The highest BCUT2D eigenvalue weighted by molar-refractivity contribution is 5.47. The lowest BCUT2D eigenvalue weighted by Gasteiger charge is -2.30. The van der Waals surface area contributed by atoms with E-state index in [1.165, 1.54) is 89.9 Å². The molecule has 0 unspecified atom stereocenters. The Morgan fingerprint density at radius 2 is 1.33 bits per heavy atom. The Morgan fingerprint density at radius 1 is 0.714 bits per heavy atom. The SMILES string of the molecule is C(=NC1CCC(CC2CCCCC2)CC1)OC1CCCC1. The van der Waals surface area contributed by atoms with Crippen LogP contribution in [-0.2, 0) is 4.74 Å². The summed E-state index contributed by atoms with van der Waals surface area (Å²) in [7, 11) is 0. The third-order valence-electron chi connectivity index (χ3n) is 6.03. The Morgan fingerprint density at radius 3 is 2.05 bits per heavy atom. The van der Waals surface area contributed by atoms with E-state index in [1.54, 1.807) is 6.40 Å². The second kappa shape index (κ2) is 8.19. The van der Waals surface area contributed by atoms with E-state index in [1.807, 2.05) is 0 Å². The molecule has 3 saturated carbocycles. The van der Waals surface area contributed by atoms with Gasteiger partial charge in [0.25, 0.3) is 0 Å². The van der Waals surface area contributed by atoms with Gasteiger partial charge in [-0.25, -0.2) is 0 Å². The molecular weight excluding hydrogens is 258 g/mol. The van der Waals surface area contributed by atoms with Crippen molar-refractivity contribution >= 4 is 6.40 Å². The van der Waals surface area contributed by atoms with E-state index < -0.39 is 0 Å². The number of hydrogen-bond acceptors (Lipinski definition) is 2. The fourth-order valence-corrected chi connectivity index (χ4v) is 4.66. The molecule has 0 aromatic rings. The van der Waals surface area contributed by atoms with Crippen molar-refractivity contribution in [3.8, 4) is 0 Å². The van der Waals surface area contributed by atoms with E-state index in [4.69, 9.17) is 4.74 Å². The summed E-state index contributed by atoms with van der Waals surface area (Å²) in [6.07, 6.45) is 21.8. The lowest BCUT2D eigenvalue weighted by atomic mass is 9.77. The van der Waals surface area contributed by atoms with Crippen molar-refractivity contribution in [3.05, 3.63) is 0 Å². The molecule has 0 N–H and O–H groups in total. The molecule has 0 atom stereocenters. The average molecular weight is 291 g/mol. The van der Waals surface area contributed by atoms with Gasteiger partial charge in [0.15, 0.2) is 6.40 Å². The molecular formula is C19H33NO. The molecule has 0 aromatic carbocycles. The predicted octanol–water partition coefficient (Wildman–Crippen LogP) is 5.50. The summed E-state index contributed by atoms with van der Waals surface area (Å²) < 4.78 is 5.76. The van der Waals surface area contributed by atoms with Gasteiger partial charge in [-0.15, -0.1) is 0 Å². The van der Waals surface area contributed by atoms with Crippen LogP contribution in [0.1, 0.15) is 89.9 Å². The predicted molar refractivity (Wildman–Crippen MR) is 88.8 cm³/mol. The largest absolute Gasteiger partial charge is 0.480 e. The van der Waals surface area contributed by atoms with Crippen molar-refractivity contribution < 1.29 is 4.74 Å². The zero-order valence-electron chi connectivity index (χ0n) is 13.6. The molecule has 0 aliphatic heterocycles. The minimum Gasteiger partial charge on any atom is -0.480 e. The maximum absolute atomic E-state index is 5.76. The molecule has 21 heavy (non-hydrogen) atoms. The molecule has 0 heterocycles. The fraction of sp³-hybridized carbons (Fsp3) is 0.947. The molecule has 3 fully saturated rings. The molecule has 0 amide bonds. The number of ether oxygens (including phenoxy) is 1. The molecule has 0 spiro atoms. The van der Waals surface area contributed by atoms with E-state index in [9.17, 15) is 0 Å². The Bertz CT molecular complexity index is 308. The molecule has 2 nitrogen and oxygen atoms in total. The van der Waals surface area contributed by atoms with E-state index in [2.05, 4.69) is 4.99 Å². The zero-order valence-corrected chi connectivity index (χ0v) is 13.6. The summed E-state index contributed by atoms with van der Waals surface area (Å²) in [4.78, 5) is 4.68. The summed E-state index contributed by atoms with van der Waals surface area (Å²) in [6.45, 7) is 0. The van der Waals surface area contributed by atoms with Crippen molar-refractivity contribution in [2.45, 2.75) is 102 Å². The summed E-state index contributed by atoms with van der Waals surface area (Å²) >= 11 is 0. The number of nitrogens with zero attached hydrogens (tertiary/aromatic N) is 1. The normalized spacial score (nSPS) is 32.8. The highest BCUT2D eigenvalue weighted by Crippen LogP contribution is 2.35. The highest BCUT2D eigenvalue weighted by atomic mass is 16.5. The third-order valence-corrected chi connectivity index (χ3v) is 6.03. The number of hydrogen-bond donors (Lipinski definition) is 0. The first-order valence-corrected chi connectivity index (χ1v) is 9.57. The maximum atomic E-state index is 5.76. The first-order valence-electron chi connectivity index (χ1n) is 9.57. The lowest BCUT2D eigenvalue weighted by Crippen LogP contribution is -2.21. The van der Waals surface area contributed by atoms with Gasteiger partial charge in [-0.2, -0.15) is 0 Å². The van der Waals surface area contributed by atoms with Crippen LogP contribution >= 0.6 is 0 Å². The fourth-order valence-electron chi connectivity index (χ4n) is 4.66.